The molecule has 8 nitrogen and oxygen atoms in total. The zero-order valence-corrected chi connectivity index (χ0v) is 25.4. The normalized spacial score (nSPS) is 18.2. The highest BCUT2D eigenvalue weighted by Gasteiger charge is 2.39. The SMILES string of the molecule is CCCCc1ccc(Nc2nc(Cl)c3c(ncn3[C@@H]3C[C@@H](Oc4ccc(C)cc4)[C@H](COc4ccc(C)cc4)O3)n2)cc1. The second-order valence-corrected chi connectivity index (χ2v) is 11.4. The molecule has 0 unspecified atom stereocenters. The number of benzene rings is 3. The predicted octanol–water partition coefficient (Wildman–Crippen LogP) is 8.00. The molecule has 3 atom stereocenters. The van der Waals surface area contributed by atoms with E-state index >= 15 is 0 Å². The van der Waals surface area contributed by atoms with Crippen LogP contribution in [0.5, 0.6) is 11.5 Å². The number of imidazole rings is 1. The maximum atomic E-state index is 6.74. The largest absolute Gasteiger partial charge is 0.491 e. The molecular formula is C34H36ClN5O3. The number of unbranched alkanes of at least 4 members (excludes halogenated alkanes) is 1. The van der Waals surface area contributed by atoms with Crippen molar-refractivity contribution < 1.29 is 14.2 Å². The van der Waals surface area contributed by atoms with Gasteiger partial charge < -0.3 is 19.5 Å². The first-order valence-corrected chi connectivity index (χ1v) is 15.2. The van der Waals surface area contributed by atoms with Gasteiger partial charge in [-0.1, -0.05) is 72.5 Å². The van der Waals surface area contributed by atoms with E-state index in [1.54, 1.807) is 6.33 Å². The molecule has 1 N–H and O–H groups in total. The first-order chi connectivity index (χ1) is 20.9. The summed E-state index contributed by atoms with van der Waals surface area (Å²) in [4.78, 5) is 13.7. The first-order valence-electron chi connectivity index (χ1n) is 14.8. The van der Waals surface area contributed by atoms with Crippen LogP contribution in [0.1, 0.15) is 49.1 Å². The van der Waals surface area contributed by atoms with Gasteiger partial charge >= 0.3 is 0 Å². The van der Waals surface area contributed by atoms with Gasteiger partial charge in [0.2, 0.25) is 5.95 Å². The Hall–Kier alpha value is -4.14. The van der Waals surface area contributed by atoms with E-state index in [2.05, 4.69) is 53.2 Å². The maximum absolute atomic E-state index is 6.74. The van der Waals surface area contributed by atoms with Crippen LogP contribution in [-0.4, -0.2) is 38.3 Å². The second-order valence-electron chi connectivity index (χ2n) is 11.0. The summed E-state index contributed by atoms with van der Waals surface area (Å²) in [5.41, 5.74) is 5.65. The van der Waals surface area contributed by atoms with Crippen LogP contribution in [0.2, 0.25) is 5.15 Å². The zero-order chi connectivity index (χ0) is 29.8. The van der Waals surface area contributed by atoms with Gasteiger partial charge in [0.05, 0.1) is 6.33 Å². The van der Waals surface area contributed by atoms with E-state index in [9.17, 15) is 0 Å². The van der Waals surface area contributed by atoms with Crippen molar-refractivity contribution >= 4 is 34.4 Å². The summed E-state index contributed by atoms with van der Waals surface area (Å²) in [6, 6.07) is 24.3. The number of hydrogen-bond donors (Lipinski definition) is 1. The first kappa shape index (κ1) is 29.0. The fourth-order valence-electron chi connectivity index (χ4n) is 5.19. The lowest BCUT2D eigenvalue weighted by Crippen LogP contribution is -2.32. The fraction of sp³-hybridized carbons (Fsp3) is 0.324. The summed E-state index contributed by atoms with van der Waals surface area (Å²) < 4.78 is 21.0. The summed E-state index contributed by atoms with van der Waals surface area (Å²) in [5.74, 6) is 1.96. The Bertz CT molecular complexity index is 1660. The van der Waals surface area contributed by atoms with Gasteiger partial charge in [0.1, 0.15) is 42.1 Å². The average molecular weight is 598 g/mol. The van der Waals surface area contributed by atoms with Crippen molar-refractivity contribution in [1.82, 2.24) is 19.5 Å². The van der Waals surface area contributed by atoms with Crippen molar-refractivity contribution in [2.75, 3.05) is 11.9 Å². The van der Waals surface area contributed by atoms with Crippen molar-refractivity contribution in [3.05, 3.63) is 101 Å². The molecule has 222 valence electrons. The van der Waals surface area contributed by atoms with E-state index in [0.717, 1.165) is 23.6 Å². The number of fused-ring (bicyclic) bond motifs is 1. The number of nitrogens with zero attached hydrogens (tertiary/aromatic N) is 4. The van der Waals surface area contributed by atoms with Crippen molar-refractivity contribution in [1.29, 1.82) is 0 Å². The van der Waals surface area contributed by atoms with E-state index in [0.29, 0.717) is 35.3 Å². The second kappa shape index (κ2) is 13.0. The molecule has 43 heavy (non-hydrogen) atoms. The Morgan fingerprint density at radius 2 is 1.63 bits per heavy atom. The van der Waals surface area contributed by atoms with E-state index < -0.39 is 0 Å². The van der Waals surface area contributed by atoms with Crippen molar-refractivity contribution in [3.8, 4) is 11.5 Å². The number of hydrogen-bond acceptors (Lipinski definition) is 7. The molecule has 2 aromatic heterocycles. The average Bonchev–Trinajstić information content (AvgIpc) is 3.62. The molecule has 3 heterocycles. The third kappa shape index (κ3) is 6.92. The highest BCUT2D eigenvalue weighted by molar-refractivity contribution is 6.33. The molecule has 1 aliphatic heterocycles. The molecule has 0 saturated carbocycles. The molecular weight excluding hydrogens is 562 g/mol. The van der Waals surface area contributed by atoms with Crippen molar-refractivity contribution in [2.45, 2.75) is 64.9 Å². The van der Waals surface area contributed by atoms with Gasteiger partial charge in [-0.05, 0) is 68.7 Å². The highest BCUT2D eigenvalue weighted by Crippen LogP contribution is 2.36. The third-order valence-corrected chi connectivity index (χ3v) is 7.91. The molecule has 0 amide bonds. The zero-order valence-electron chi connectivity index (χ0n) is 24.7. The van der Waals surface area contributed by atoms with E-state index in [1.165, 1.54) is 29.5 Å². The van der Waals surface area contributed by atoms with Crippen LogP contribution >= 0.6 is 11.6 Å². The minimum absolute atomic E-state index is 0.253. The molecule has 0 radical (unpaired) electrons. The van der Waals surface area contributed by atoms with Gasteiger partial charge in [-0.15, -0.1) is 0 Å². The number of nitrogens with one attached hydrogen (secondary N) is 1. The number of rotatable bonds is 11. The Balaban J connectivity index is 1.20. The lowest BCUT2D eigenvalue weighted by Gasteiger charge is -2.20. The predicted molar refractivity (Wildman–Crippen MR) is 169 cm³/mol. The molecule has 0 aliphatic carbocycles. The Morgan fingerprint density at radius 1 is 0.930 bits per heavy atom. The topological polar surface area (TPSA) is 83.3 Å². The van der Waals surface area contributed by atoms with Gasteiger partial charge in [0.25, 0.3) is 0 Å². The Kier molecular flexibility index (Phi) is 8.77. The molecule has 6 rings (SSSR count). The molecule has 0 bridgehead atoms. The van der Waals surface area contributed by atoms with Gasteiger partial charge in [-0.3, -0.25) is 4.57 Å². The monoisotopic (exact) mass is 597 g/mol. The Morgan fingerprint density at radius 3 is 2.33 bits per heavy atom. The molecule has 9 heteroatoms. The maximum Gasteiger partial charge on any atom is 0.230 e. The molecule has 3 aromatic carbocycles. The number of anilines is 2. The van der Waals surface area contributed by atoms with Crippen LogP contribution in [0.4, 0.5) is 11.6 Å². The fourth-order valence-corrected chi connectivity index (χ4v) is 5.45. The van der Waals surface area contributed by atoms with E-state index in [1.807, 2.05) is 65.2 Å². The van der Waals surface area contributed by atoms with E-state index in [4.69, 9.17) is 25.8 Å². The van der Waals surface area contributed by atoms with Crippen molar-refractivity contribution in [3.63, 3.8) is 0 Å². The van der Waals surface area contributed by atoms with Crippen LogP contribution < -0.4 is 14.8 Å². The summed E-state index contributed by atoms with van der Waals surface area (Å²) in [6.07, 6.45) is 4.73. The smallest absolute Gasteiger partial charge is 0.230 e. The molecule has 1 fully saturated rings. The highest BCUT2D eigenvalue weighted by atomic mass is 35.5. The van der Waals surface area contributed by atoms with Crippen LogP contribution in [0.15, 0.2) is 79.1 Å². The molecule has 1 saturated heterocycles. The number of aryl methyl sites for hydroxylation is 3. The van der Waals surface area contributed by atoms with Gasteiger partial charge in [0, 0.05) is 12.1 Å². The minimum Gasteiger partial charge on any atom is -0.491 e. The van der Waals surface area contributed by atoms with Crippen LogP contribution in [0.25, 0.3) is 11.2 Å². The third-order valence-electron chi connectivity index (χ3n) is 7.65. The van der Waals surface area contributed by atoms with Crippen LogP contribution in [-0.2, 0) is 11.2 Å². The summed E-state index contributed by atoms with van der Waals surface area (Å²) in [5, 5.41) is 3.55. The van der Waals surface area contributed by atoms with Crippen molar-refractivity contribution in [2.24, 2.45) is 0 Å². The number of halogens is 1. The Labute approximate surface area is 257 Å². The van der Waals surface area contributed by atoms with Gasteiger partial charge in [0.15, 0.2) is 10.8 Å². The van der Waals surface area contributed by atoms with E-state index in [-0.39, 0.29) is 18.4 Å². The van der Waals surface area contributed by atoms with Gasteiger partial charge in [-0.2, -0.15) is 9.97 Å². The lowest BCUT2D eigenvalue weighted by atomic mass is 10.1. The molecule has 5 aromatic rings. The number of aromatic nitrogens is 4. The lowest BCUT2D eigenvalue weighted by molar-refractivity contribution is -0.0340. The summed E-state index contributed by atoms with van der Waals surface area (Å²) >= 11 is 6.74. The standard InChI is InChI=1S/C34H36ClN5O3/c1-4-5-6-24-11-13-25(14-12-24)37-34-38-32(35)31-33(39-34)36-21-40(31)30-19-28(42-27-17-9-23(3)10-18-27)29(43-30)20-41-26-15-7-22(2)8-16-26/h7-18,21,28-30H,4-6,19-20H2,1-3H3,(H,37,38,39)/t28-,29+,30+/m1/s1. The number of ether oxygens (including phenoxy) is 3. The van der Waals surface area contributed by atoms with Crippen LogP contribution in [0.3, 0.4) is 0 Å². The summed E-state index contributed by atoms with van der Waals surface area (Å²) in [7, 11) is 0. The minimum atomic E-state index is -0.386. The summed E-state index contributed by atoms with van der Waals surface area (Å²) in [6.45, 7) is 6.63. The van der Waals surface area contributed by atoms with Gasteiger partial charge in [-0.25, -0.2) is 4.98 Å². The molecule has 0 spiro atoms. The quantitative estimate of drug-likeness (QED) is 0.154. The molecule has 1 aliphatic rings. The van der Waals surface area contributed by atoms with Crippen LogP contribution in [0, 0.1) is 13.8 Å².